The maximum absolute atomic E-state index is 12.6. The third-order valence-corrected chi connectivity index (χ3v) is 10.2. The highest BCUT2D eigenvalue weighted by atomic mass is 35.5. The van der Waals surface area contributed by atoms with Crippen LogP contribution in [0.4, 0.5) is 0 Å². The number of Topliss-reactive ketones (excluding diaryl/α,β-unsaturated/α-hetero) is 2. The second kappa shape index (κ2) is 31.8. The molecule has 0 radical (unpaired) electrons. The molecule has 2 atom stereocenters. The smallest absolute Gasteiger partial charge is 0.347 e. The van der Waals surface area contributed by atoms with E-state index in [1.54, 1.807) is 60.7 Å². The largest absolute Gasteiger partial charge is 0.504 e. The van der Waals surface area contributed by atoms with Crippen LogP contribution in [0.3, 0.4) is 0 Å². The summed E-state index contributed by atoms with van der Waals surface area (Å²) in [5.74, 6) is -0.258. The second-order valence-corrected chi connectivity index (χ2v) is 16.0. The summed E-state index contributed by atoms with van der Waals surface area (Å²) < 4.78 is 25.7. The van der Waals surface area contributed by atoms with Gasteiger partial charge in [0.1, 0.15) is 28.6 Å². The van der Waals surface area contributed by atoms with Crippen molar-refractivity contribution in [1.82, 2.24) is 0 Å². The van der Waals surface area contributed by atoms with E-state index in [2.05, 4.69) is 13.8 Å². The molecule has 0 aromatic heterocycles. The number of carbonyl (C=O) groups is 6. The highest BCUT2D eigenvalue weighted by Gasteiger charge is 2.19. The number of methoxy groups -OCH3 is 2. The van der Waals surface area contributed by atoms with Crippen molar-refractivity contribution in [3.05, 3.63) is 107 Å². The maximum Gasteiger partial charge on any atom is 0.347 e. The van der Waals surface area contributed by atoms with Gasteiger partial charge in [-0.1, -0.05) is 88.8 Å². The third kappa shape index (κ3) is 22.8. The molecular formula is C52H65ClO14. The molecule has 0 aliphatic heterocycles. The molecule has 14 nitrogen and oxygen atoms in total. The standard InChI is InChI=1S/C26H32O7.C17H26O4.C9H7ClO3/c1-4-5-6-9-20(28)17-21(29)14-12-19-13-15-24(25(16-19)31-3)33-26(30)22-10-7-8-11-23(22)32-18(2)27;1-3-4-5-6-14(18)12-15(19)9-7-13-8-10-16(20)17(11-13)21-2;1-6(11)13-8-5-3-2-4-7(8)9(10)12/h7-8,10-11,13,15-16,20,28H,4-6,9,12,14,17H2,1-3H3;8,10-11,14,18,20H,3-7,9,12H2,1-2H3;2-5H,1H3. The number of rotatable bonds is 25. The average molecular weight is 950 g/mol. The van der Waals surface area contributed by atoms with Gasteiger partial charge in [0.2, 0.25) is 0 Å². The number of aromatic hydroxyl groups is 1. The minimum atomic E-state index is -0.690. The van der Waals surface area contributed by atoms with E-state index in [9.17, 15) is 44.1 Å². The quantitative estimate of drug-likeness (QED) is 0.0245. The number of aliphatic hydroxyl groups is 2. The van der Waals surface area contributed by atoms with Crippen molar-refractivity contribution in [3.8, 4) is 34.5 Å². The first-order chi connectivity index (χ1) is 32.0. The fourth-order valence-corrected chi connectivity index (χ4v) is 6.65. The molecule has 67 heavy (non-hydrogen) atoms. The van der Waals surface area contributed by atoms with Crippen molar-refractivity contribution >= 4 is 46.3 Å². The van der Waals surface area contributed by atoms with Gasteiger partial charge in [-0.05, 0) is 96.9 Å². The lowest BCUT2D eigenvalue weighted by atomic mass is 10.0. The van der Waals surface area contributed by atoms with Crippen LogP contribution in [0.25, 0.3) is 0 Å². The van der Waals surface area contributed by atoms with Crippen LogP contribution in [0.1, 0.15) is 137 Å². The number of unbranched alkanes of at least 4 members (excludes halogenated alkanes) is 4. The summed E-state index contributed by atoms with van der Waals surface area (Å²) in [6.07, 6.45) is 8.67. The fraction of sp³-hybridized carbons (Fsp3) is 0.423. The number of hydrogen-bond acceptors (Lipinski definition) is 14. The lowest BCUT2D eigenvalue weighted by molar-refractivity contribution is -0.132. The van der Waals surface area contributed by atoms with E-state index in [-0.39, 0.29) is 58.5 Å². The summed E-state index contributed by atoms with van der Waals surface area (Å²) in [6.45, 7) is 6.72. The number of ether oxygens (including phenoxy) is 5. The van der Waals surface area contributed by atoms with Crippen LogP contribution in [-0.4, -0.2) is 76.5 Å². The average Bonchev–Trinajstić information content (AvgIpc) is 3.28. The Morgan fingerprint density at radius 1 is 0.552 bits per heavy atom. The second-order valence-electron chi connectivity index (χ2n) is 15.6. The van der Waals surface area contributed by atoms with E-state index in [0.29, 0.717) is 50.0 Å². The summed E-state index contributed by atoms with van der Waals surface area (Å²) in [7, 11) is 2.96. The van der Waals surface area contributed by atoms with Crippen molar-refractivity contribution in [3.63, 3.8) is 0 Å². The van der Waals surface area contributed by atoms with Crippen molar-refractivity contribution in [2.24, 2.45) is 0 Å². The van der Waals surface area contributed by atoms with E-state index in [0.717, 1.165) is 49.7 Å². The van der Waals surface area contributed by atoms with E-state index in [1.165, 1.54) is 52.3 Å². The Morgan fingerprint density at radius 2 is 1.00 bits per heavy atom. The number of esters is 3. The molecule has 4 rings (SSSR count). The molecule has 4 aromatic rings. The van der Waals surface area contributed by atoms with Gasteiger partial charge in [-0.3, -0.25) is 24.0 Å². The molecule has 3 N–H and O–H groups in total. The Labute approximate surface area is 398 Å². The monoisotopic (exact) mass is 948 g/mol. The molecular weight excluding hydrogens is 884 g/mol. The van der Waals surface area contributed by atoms with E-state index in [4.69, 9.17) is 35.3 Å². The minimum Gasteiger partial charge on any atom is -0.504 e. The first kappa shape index (κ1) is 57.0. The number of aliphatic hydroxyl groups excluding tert-OH is 2. The number of para-hydroxylation sites is 2. The van der Waals surface area contributed by atoms with Crippen molar-refractivity contribution in [2.45, 2.75) is 130 Å². The zero-order valence-corrected chi connectivity index (χ0v) is 40.1. The normalized spacial score (nSPS) is 11.3. The number of carbonyl (C=O) groups excluding carboxylic acids is 6. The van der Waals surface area contributed by atoms with Gasteiger partial charge in [-0.2, -0.15) is 0 Å². The van der Waals surface area contributed by atoms with Gasteiger partial charge in [0.15, 0.2) is 23.0 Å². The number of aryl methyl sites for hydroxylation is 2. The van der Waals surface area contributed by atoms with Gasteiger partial charge >= 0.3 is 17.9 Å². The molecule has 0 saturated carbocycles. The Balaban J connectivity index is 0.000000385. The first-order valence-electron chi connectivity index (χ1n) is 22.4. The Hall–Kier alpha value is -6.09. The maximum atomic E-state index is 12.6. The number of ketones is 2. The molecule has 4 aromatic carbocycles. The minimum absolute atomic E-state index is 0.00977. The molecule has 0 saturated heterocycles. The Morgan fingerprint density at radius 3 is 1.46 bits per heavy atom. The number of hydrogen-bond donors (Lipinski definition) is 3. The number of phenolic OH excluding ortho intramolecular Hbond substituents is 1. The first-order valence-corrected chi connectivity index (χ1v) is 22.8. The number of benzene rings is 4. The predicted octanol–water partition coefficient (Wildman–Crippen LogP) is 9.90. The van der Waals surface area contributed by atoms with Gasteiger partial charge in [0.25, 0.3) is 5.24 Å². The van der Waals surface area contributed by atoms with Crippen LogP contribution in [-0.2, 0) is 32.0 Å². The predicted molar refractivity (Wildman–Crippen MR) is 254 cm³/mol. The molecule has 15 heteroatoms. The number of halogens is 1. The van der Waals surface area contributed by atoms with Gasteiger partial charge in [-0.25, -0.2) is 4.79 Å². The molecule has 364 valence electrons. The van der Waals surface area contributed by atoms with Crippen LogP contribution in [0.5, 0.6) is 34.5 Å². The van der Waals surface area contributed by atoms with E-state index < -0.39 is 35.4 Å². The van der Waals surface area contributed by atoms with Crippen LogP contribution in [0.2, 0.25) is 0 Å². The number of phenols is 1. The third-order valence-electron chi connectivity index (χ3n) is 9.98. The van der Waals surface area contributed by atoms with E-state index >= 15 is 0 Å². The highest BCUT2D eigenvalue weighted by Crippen LogP contribution is 2.31. The lowest BCUT2D eigenvalue weighted by Crippen LogP contribution is -2.14. The van der Waals surface area contributed by atoms with Crippen LogP contribution < -0.4 is 23.7 Å². The zero-order valence-electron chi connectivity index (χ0n) is 39.3. The molecule has 0 aliphatic rings. The molecule has 0 aliphatic carbocycles. The fourth-order valence-electron chi connectivity index (χ4n) is 6.50. The molecule has 0 fully saturated rings. The Kier molecular flexibility index (Phi) is 27.0. The highest BCUT2D eigenvalue weighted by molar-refractivity contribution is 6.68. The molecule has 0 amide bonds. The van der Waals surface area contributed by atoms with Crippen LogP contribution in [0, 0.1) is 0 Å². The van der Waals surface area contributed by atoms with Crippen molar-refractivity contribution in [1.29, 1.82) is 0 Å². The summed E-state index contributed by atoms with van der Waals surface area (Å²) in [5, 5.41) is 28.6. The topological polar surface area (TPSA) is 209 Å². The van der Waals surface area contributed by atoms with Gasteiger partial charge in [-0.15, -0.1) is 0 Å². The lowest BCUT2D eigenvalue weighted by Gasteiger charge is -2.13. The summed E-state index contributed by atoms with van der Waals surface area (Å²) in [5.41, 5.74) is 2.10. The molecule has 0 bridgehead atoms. The zero-order chi connectivity index (χ0) is 49.7. The van der Waals surface area contributed by atoms with E-state index in [1.807, 2.05) is 0 Å². The molecule has 0 spiro atoms. The SMILES string of the molecule is CC(=O)Oc1ccccc1C(=O)Cl.CCCCCC(O)CC(=O)CCc1ccc(O)c(OC)c1.CCCCCC(O)CC(=O)CCc1ccc(OC(=O)c2ccccc2OC(C)=O)c(OC)c1. The van der Waals surface area contributed by atoms with Gasteiger partial charge in [0, 0.05) is 39.5 Å². The summed E-state index contributed by atoms with van der Waals surface area (Å²) in [6, 6.07) is 22.8. The summed E-state index contributed by atoms with van der Waals surface area (Å²) >= 11 is 5.26. The van der Waals surface area contributed by atoms with Crippen LogP contribution in [0.15, 0.2) is 84.9 Å². The van der Waals surface area contributed by atoms with Crippen molar-refractivity contribution < 1.29 is 67.8 Å². The summed E-state index contributed by atoms with van der Waals surface area (Å²) in [4.78, 5) is 69.4. The molecule has 2 unspecified atom stereocenters. The van der Waals surface area contributed by atoms with Crippen molar-refractivity contribution in [2.75, 3.05) is 14.2 Å². The molecule has 0 heterocycles. The van der Waals surface area contributed by atoms with Crippen LogP contribution >= 0.6 is 11.6 Å². The van der Waals surface area contributed by atoms with Gasteiger partial charge < -0.3 is 39.0 Å². The van der Waals surface area contributed by atoms with Gasteiger partial charge in [0.05, 0.1) is 32.0 Å². The Bertz CT molecular complexity index is 2200.